The highest BCUT2D eigenvalue weighted by Gasteiger charge is 2.31. The lowest BCUT2D eigenvalue weighted by atomic mass is 9.91. The standard InChI is InChI=1S/C13H21FN2O/c1-5-17-13(3,4)12(16-15)10-6-9(2)7-11(14)8-10/h6-8,12,16H,5,15H2,1-4H3. The minimum Gasteiger partial charge on any atom is -0.374 e. The molecule has 1 unspecified atom stereocenters. The zero-order valence-corrected chi connectivity index (χ0v) is 10.9. The fourth-order valence-electron chi connectivity index (χ4n) is 2.08. The topological polar surface area (TPSA) is 47.3 Å². The maximum absolute atomic E-state index is 13.4. The van der Waals surface area contributed by atoms with Gasteiger partial charge in [0.25, 0.3) is 0 Å². The first-order chi connectivity index (χ1) is 7.90. The summed E-state index contributed by atoms with van der Waals surface area (Å²) in [4.78, 5) is 0. The smallest absolute Gasteiger partial charge is 0.123 e. The van der Waals surface area contributed by atoms with Crippen molar-refractivity contribution in [2.24, 2.45) is 5.84 Å². The molecule has 3 N–H and O–H groups in total. The second-order valence-corrected chi connectivity index (χ2v) is 4.70. The zero-order valence-electron chi connectivity index (χ0n) is 10.9. The fourth-order valence-corrected chi connectivity index (χ4v) is 2.08. The third-order valence-corrected chi connectivity index (χ3v) is 2.78. The molecule has 0 amide bonds. The van der Waals surface area contributed by atoms with E-state index in [4.69, 9.17) is 10.6 Å². The van der Waals surface area contributed by atoms with Crippen LogP contribution in [0.1, 0.15) is 37.9 Å². The van der Waals surface area contributed by atoms with E-state index in [1.165, 1.54) is 12.1 Å². The van der Waals surface area contributed by atoms with Crippen LogP contribution in [0.3, 0.4) is 0 Å². The van der Waals surface area contributed by atoms with E-state index in [0.29, 0.717) is 6.61 Å². The number of hydrazine groups is 1. The van der Waals surface area contributed by atoms with E-state index in [1.807, 2.05) is 33.8 Å². The molecule has 0 radical (unpaired) electrons. The Bertz CT molecular complexity index is 359. The molecule has 0 saturated carbocycles. The Hall–Kier alpha value is -0.970. The summed E-state index contributed by atoms with van der Waals surface area (Å²) in [5, 5.41) is 0. The van der Waals surface area contributed by atoms with Crippen LogP contribution in [0.2, 0.25) is 0 Å². The molecule has 0 heterocycles. The minimum absolute atomic E-state index is 0.253. The van der Waals surface area contributed by atoms with Gasteiger partial charge in [-0.15, -0.1) is 0 Å². The number of hydrogen-bond donors (Lipinski definition) is 2. The van der Waals surface area contributed by atoms with Crippen molar-refractivity contribution >= 4 is 0 Å². The SMILES string of the molecule is CCOC(C)(C)C(NN)c1cc(C)cc(F)c1. The van der Waals surface area contributed by atoms with Crippen molar-refractivity contribution < 1.29 is 9.13 Å². The van der Waals surface area contributed by atoms with Gasteiger partial charge in [-0.3, -0.25) is 11.3 Å². The van der Waals surface area contributed by atoms with E-state index in [0.717, 1.165) is 11.1 Å². The molecule has 0 bridgehead atoms. The quantitative estimate of drug-likeness (QED) is 0.614. The van der Waals surface area contributed by atoms with Gasteiger partial charge in [0.2, 0.25) is 0 Å². The summed E-state index contributed by atoms with van der Waals surface area (Å²) in [6.45, 7) is 8.22. The van der Waals surface area contributed by atoms with Gasteiger partial charge in [-0.2, -0.15) is 0 Å². The van der Waals surface area contributed by atoms with Crippen LogP contribution in [0.25, 0.3) is 0 Å². The number of nitrogens with two attached hydrogens (primary N) is 1. The summed E-state index contributed by atoms with van der Waals surface area (Å²) < 4.78 is 19.0. The highest BCUT2D eigenvalue weighted by molar-refractivity contribution is 5.28. The minimum atomic E-state index is -0.496. The molecule has 3 nitrogen and oxygen atoms in total. The van der Waals surface area contributed by atoms with Crippen molar-refractivity contribution in [3.8, 4) is 0 Å². The van der Waals surface area contributed by atoms with Crippen LogP contribution in [0.4, 0.5) is 4.39 Å². The number of rotatable bonds is 5. The fraction of sp³-hybridized carbons (Fsp3) is 0.538. The predicted molar refractivity (Wildman–Crippen MR) is 66.9 cm³/mol. The summed E-state index contributed by atoms with van der Waals surface area (Å²) in [6.07, 6.45) is 0. The van der Waals surface area contributed by atoms with Crippen molar-refractivity contribution in [1.82, 2.24) is 5.43 Å². The van der Waals surface area contributed by atoms with E-state index in [1.54, 1.807) is 0 Å². The number of nitrogens with one attached hydrogen (secondary N) is 1. The molecule has 1 aromatic rings. The number of ether oxygens (including phenoxy) is 1. The number of aryl methyl sites for hydroxylation is 1. The van der Waals surface area contributed by atoms with E-state index in [2.05, 4.69) is 5.43 Å². The summed E-state index contributed by atoms with van der Waals surface area (Å²) in [5.74, 6) is 5.31. The first-order valence-electron chi connectivity index (χ1n) is 5.78. The maximum atomic E-state index is 13.4. The lowest BCUT2D eigenvalue weighted by molar-refractivity contribution is -0.0393. The maximum Gasteiger partial charge on any atom is 0.123 e. The van der Waals surface area contributed by atoms with Gasteiger partial charge in [-0.1, -0.05) is 6.07 Å². The third kappa shape index (κ3) is 3.49. The van der Waals surface area contributed by atoms with Crippen molar-refractivity contribution in [2.45, 2.75) is 39.3 Å². The summed E-state index contributed by atoms with van der Waals surface area (Å²) >= 11 is 0. The molecule has 0 aliphatic heterocycles. The van der Waals surface area contributed by atoms with Crippen LogP contribution in [0.15, 0.2) is 18.2 Å². The van der Waals surface area contributed by atoms with Gasteiger partial charge in [0.15, 0.2) is 0 Å². The molecule has 0 saturated heterocycles. The molecule has 17 heavy (non-hydrogen) atoms. The van der Waals surface area contributed by atoms with Crippen molar-refractivity contribution in [2.75, 3.05) is 6.61 Å². The van der Waals surface area contributed by atoms with Crippen molar-refractivity contribution in [3.63, 3.8) is 0 Å². The summed E-state index contributed by atoms with van der Waals surface area (Å²) in [5.41, 5.74) is 3.87. The van der Waals surface area contributed by atoms with Gasteiger partial charge in [0.05, 0.1) is 11.6 Å². The van der Waals surface area contributed by atoms with Gasteiger partial charge < -0.3 is 4.74 Å². The van der Waals surface area contributed by atoms with E-state index >= 15 is 0 Å². The summed E-state index contributed by atoms with van der Waals surface area (Å²) in [7, 11) is 0. The molecule has 96 valence electrons. The van der Waals surface area contributed by atoms with Gasteiger partial charge in [-0.05, 0) is 51.0 Å². The largest absolute Gasteiger partial charge is 0.374 e. The number of hydrogen-bond acceptors (Lipinski definition) is 3. The van der Waals surface area contributed by atoms with E-state index < -0.39 is 5.60 Å². The van der Waals surface area contributed by atoms with Crippen molar-refractivity contribution in [3.05, 3.63) is 35.1 Å². The zero-order chi connectivity index (χ0) is 13.1. The molecule has 0 spiro atoms. The molecular weight excluding hydrogens is 219 g/mol. The van der Waals surface area contributed by atoms with Crippen LogP contribution < -0.4 is 11.3 Å². The van der Waals surface area contributed by atoms with Crippen LogP contribution in [0, 0.1) is 12.7 Å². The normalized spacial score (nSPS) is 13.8. The average molecular weight is 240 g/mol. The molecule has 1 rings (SSSR count). The molecule has 4 heteroatoms. The van der Waals surface area contributed by atoms with Gasteiger partial charge in [0, 0.05) is 6.61 Å². The highest BCUT2D eigenvalue weighted by atomic mass is 19.1. The van der Waals surface area contributed by atoms with Crippen molar-refractivity contribution in [1.29, 1.82) is 0 Å². The van der Waals surface area contributed by atoms with Gasteiger partial charge in [-0.25, -0.2) is 4.39 Å². The molecule has 0 aliphatic carbocycles. The lowest BCUT2D eigenvalue weighted by Crippen LogP contribution is -2.44. The Morgan fingerprint density at radius 3 is 2.53 bits per heavy atom. The first-order valence-corrected chi connectivity index (χ1v) is 5.78. The predicted octanol–water partition coefficient (Wildman–Crippen LogP) is 2.45. The van der Waals surface area contributed by atoms with Gasteiger partial charge >= 0.3 is 0 Å². The molecule has 1 atom stereocenters. The molecule has 0 aliphatic rings. The van der Waals surface area contributed by atoms with E-state index in [-0.39, 0.29) is 11.9 Å². The van der Waals surface area contributed by atoms with Gasteiger partial charge in [0.1, 0.15) is 5.82 Å². The van der Waals surface area contributed by atoms with Crippen LogP contribution in [0.5, 0.6) is 0 Å². The Morgan fingerprint density at radius 1 is 1.41 bits per heavy atom. The Balaban J connectivity index is 3.08. The highest BCUT2D eigenvalue weighted by Crippen LogP contribution is 2.29. The summed E-state index contributed by atoms with van der Waals surface area (Å²) in [6, 6.07) is 4.63. The Kier molecular flexibility index (Phi) is 4.62. The average Bonchev–Trinajstić information content (AvgIpc) is 2.15. The molecular formula is C13H21FN2O. The third-order valence-electron chi connectivity index (χ3n) is 2.78. The second-order valence-electron chi connectivity index (χ2n) is 4.70. The molecule has 1 aromatic carbocycles. The van der Waals surface area contributed by atoms with Crippen LogP contribution >= 0.6 is 0 Å². The Morgan fingerprint density at radius 2 is 2.06 bits per heavy atom. The van der Waals surface area contributed by atoms with E-state index in [9.17, 15) is 4.39 Å². The van der Waals surface area contributed by atoms with Crippen LogP contribution in [-0.2, 0) is 4.74 Å². The number of halogens is 1. The second kappa shape index (κ2) is 5.58. The lowest BCUT2D eigenvalue weighted by Gasteiger charge is -2.34. The monoisotopic (exact) mass is 240 g/mol. The van der Waals surface area contributed by atoms with Crippen LogP contribution in [-0.4, -0.2) is 12.2 Å². The Labute approximate surface area is 102 Å². The number of benzene rings is 1. The first kappa shape index (κ1) is 14.1. The molecule has 0 aromatic heterocycles. The molecule has 0 fully saturated rings.